The highest BCUT2D eigenvalue weighted by Crippen LogP contribution is 2.40. The molecule has 1 aliphatic rings. The second-order valence-electron chi connectivity index (χ2n) is 13.3. The molecule has 0 bridgehead atoms. The summed E-state index contributed by atoms with van der Waals surface area (Å²) in [6.45, 7) is 7.20. The maximum absolute atomic E-state index is 11.9. The van der Waals surface area contributed by atoms with Crippen LogP contribution in [0.15, 0.2) is 121 Å². The highest BCUT2D eigenvalue weighted by molar-refractivity contribution is 5.17. The zero-order chi connectivity index (χ0) is 32.4. The van der Waals surface area contributed by atoms with E-state index in [9.17, 15) is 10.2 Å². The van der Waals surface area contributed by atoms with Crippen molar-refractivity contribution < 1.29 is 29.2 Å². The fraction of sp³-hybridized carbons (Fsp3) is 0.400. The van der Waals surface area contributed by atoms with Crippen LogP contribution in [0.2, 0.25) is 0 Å². The Kier molecular flexibility index (Phi) is 12.2. The average Bonchev–Trinajstić information content (AvgIpc) is 3.09. The first-order valence-corrected chi connectivity index (χ1v) is 16.3. The quantitative estimate of drug-likeness (QED) is 0.156. The molecule has 4 aromatic rings. The Bertz CT molecular complexity index is 1410. The van der Waals surface area contributed by atoms with Crippen LogP contribution in [-0.4, -0.2) is 46.8 Å². The lowest BCUT2D eigenvalue weighted by atomic mass is 9.72. The van der Waals surface area contributed by atoms with E-state index in [0.29, 0.717) is 32.8 Å². The molecule has 4 aromatic carbocycles. The third-order valence-electron chi connectivity index (χ3n) is 8.75. The average molecular weight is 625 g/mol. The first-order chi connectivity index (χ1) is 22.3. The van der Waals surface area contributed by atoms with E-state index in [1.54, 1.807) is 0 Å². The molecule has 0 spiro atoms. The summed E-state index contributed by atoms with van der Waals surface area (Å²) in [6.07, 6.45) is -3.79. The summed E-state index contributed by atoms with van der Waals surface area (Å²) in [4.78, 5) is 0. The van der Waals surface area contributed by atoms with E-state index in [1.807, 2.05) is 142 Å². The predicted octanol–water partition coefficient (Wildman–Crippen LogP) is 7.12. The molecule has 0 radical (unpaired) electrons. The molecule has 1 aliphatic carbocycles. The molecule has 5 rings (SSSR count). The van der Waals surface area contributed by atoms with Gasteiger partial charge in [-0.2, -0.15) is 0 Å². The van der Waals surface area contributed by atoms with Gasteiger partial charge >= 0.3 is 0 Å². The third-order valence-corrected chi connectivity index (χ3v) is 8.75. The lowest BCUT2D eigenvalue weighted by Crippen LogP contribution is -2.61. The Hall–Kier alpha value is -3.36. The van der Waals surface area contributed by atoms with Crippen LogP contribution in [0, 0.1) is 11.3 Å². The fourth-order valence-corrected chi connectivity index (χ4v) is 6.11. The van der Waals surface area contributed by atoms with Crippen LogP contribution < -0.4 is 0 Å². The van der Waals surface area contributed by atoms with Crippen molar-refractivity contribution in [3.05, 3.63) is 144 Å². The highest BCUT2D eigenvalue weighted by Gasteiger charge is 2.52. The third kappa shape index (κ3) is 9.35. The number of ether oxygens (including phenoxy) is 4. The molecule has 0 amide bonds. The Balaban J connectivity index is 1.51. The van der Waals surface area contributed by atoms with Crippen LogP contribution in [0.5, 0.6) is 0 Å². The summed E-state index contributed by atoms with van der Waals surface area (Å²) >= 11 is 0. The predicted molar refractivity (Wildman–Crippen MR) is 180 cm³/mol. The second-order valence-corrected chi connectivity index (χ2v) is 13.3. The molecule has 7 atom stereocenters. The number of hydrogen-bond acceptors (Lipinski definition) is 6. The van der Waals surface area contributed by atoms with E-state index in [1.165, 1.54) is 0 Å². The Morgan fingerprint density at radius 2 is 0.870 bits per heavy atom. The second kappa shape index (κ2) is 16.5. The van der Waals surface area contributed by atoms with Gasteiger partial charge < -0.3 is 29.2 Å². The monoisotopic (exact) mass is 624 g/mol. The first-order valence-electron chi connectivity index (χ1n) is 16.3. The summed E-state index contributed by atoms with van der Waals surface area (Å²) in [5.74, 6) is -0.490. The van der Waals surface area contributed by atoms with E-state index < -0.39 is 48.0 Å². The molecule has 244 valence electrons. The highest BCUT2D eigenvalue weighted by atomic mass is 16.6. The smallest absolute Gasteiger partial charge is 0.113 e. The van der Waals surface area contributed by atoms with E-state index >= 15 is 0 Å². The number of aliphatic hydroxyl groups is 2. The van der Waals surface area contributed by atoms with E-state index in [2.05, 4.69) is 0 Å². The van der Waals surface area contributed by atoms with Crippen LogP contribution >= 0.6 is 0 Å². The van der Waals surface area contributed by atoms with Crippen LogP contribution in [0.3, 0.4) is 0 Å². The van der Waals surface area contributed by atoms with Gasteiger partial charge in [-0.1, -0.05) is 142 Å². The van der Waals surface area contributed by atoms with Crippen LogP contribution in [-0.2, 0) is 45.4 Å². The molecule has 0 saturated heterocycles. The summed E-state index contributed by atoms with van der Waals surface area (Å²) in [6, 6.07) is 40.1. The Labute approximate surface area is 273 Å². The first kappa shape index (κ1) is 34.0. The topological polar surface area (TPSA) is 77.4 Å². The molecular weight excluding hydrogens is 576 g/mol. The van der Waals surface area contributed by atoms with Crippen molar-refractivity contribution >= 4 is 0 Å². The number of benzene rings is 4. The van der Waals surface area contributed by atoms with Crippen molar-refractivity contribution in [3.8, 4) is 0 Å². The molecule has 0 aromatic heterocycles. The van der Waals surface area contributed by atoms with E-state index in [0.717, 1.165) is 22.3 Å². The van der Waals surface area contributed by atoms with E-state index in [4.69, 9.17) is 18.9 Å². The lowest BCUT2D eigenvalue weighted by molar-refractivity contribution is -0.247. The minimum Gasteiger partial charge on any atom is -0.390 e. The molecule has 1 fully saturated rings. The van der Waals surface area contributed by atoms with Crippen molar-refractivity contribution in [2.75, 3.05) is 0 Å². The normalized spacial score (nSPS) is 23.1. The summed E-state index contributed by atoms with van der Waals surface area (Å²) in [5, 5.41) is 23.3. The number of aliphatic hydroxyl groups excluding tert-OH is 2. The summed E-state index contributed by atoms with van der Waals surface area (Å²) in [5.41, 5.74) is 3.56. The van der Waals surface area contributed by atoms with E-state index in [-0.39, 0.29) is 0 Å². The van der Waals surface area contributed by atoms with Gasteiger partial charge in [-0.25, -0.2) is 0 Å². The molecule has 0 unspecified atom stereocenters. The molecule has 1 saturated carbocycles. The van der Waals surface area contributed by atoms with Crippen LogP contribution in [0.1, 0.15) is 49.4 Å². The molecule has 0 heterocycles. The van der Waals surface area contributed by atoms with Crippen molar-refractivity contribution in [2.24, 2.45) is 11.3 Å². The van der Waals surface area contributed by atoms with Crippen molar-refractivity contribution in [2.45, 2.75) is 90.2 Å². The number of hydrogen-bond donors (Lipinski definition) is 2. The summed E-state index contributed by atoms with van der Waals surface area (Å²) in [7, 11) is 0. The van der Waals surface area contributed by atoms with Crippen molar-refractivity contribution in [1.29, 1.82) is 0 Å². The van der Waals surface area contributed by atoms with Gasteiger partial charge in [0.15, 0.2) is 0 Å². The zero-order valence-corrected chi connectivity index (χ0v) is 27.2. The zero-order valence-electron chi connectivity index (χ0n) is 27.2. The van der Waals surface area contributed by atoms with Gasteiger partial charge in [0, 0.05) is 5.92 Å². The number of rotatable bonds is 14. The molecule has 2 N–H and O–H groups in total. The minimum atomic E-state index is -1.08. The van der Waals surface area contributed by atoms with Crippen LogP contribution in [0.25, 0.3) is 0 Å². The maximum atomic E-state index is 11.9. The Morgan fingerprint density at radius 3 is 1.26 bits per heavy atom. The van der Waals surface area contributed by atoms with Gasteiger partial charge in [0.2, 0.25) is 0 Å². The Morgan fingerprint density at radius 1 is 0.522 bits per heavy atom. The molecule has 6 nitrogen and oxygen atoms in total. The fourth-order valence-electron chi connectivity index (χ4n) is 6.11. The van der Waals surface area contributed by atoms with Gasteiger partial charge in [0.25, 0.3) is 0 Å². The largest absolute Gasteiger partial charge is 0.390 e. The van der Waals surface area contributed by atoms with Crippen LogP contribution in [0.4, 0.5) is 0 Å². The molecular formula is C40H48O6. The standard InChI is InChI=1S/C40H48O6/c1-40(2,3)39(42)35(41)33-24-34(43-25-29-16-8-4-9-17-29)37(45-27-31-20-12-6-13-21-31)38(46-28-32-22-14-7-15-23-32)36(33)44-26-30-18-10-5-11-19-30/h4-23,33-39,41-42H,24-28H2,1-3H3/t33-,34+,35+,36-,37-,38+,39-/m1/s1. The van der Waals surface area contributed by atoms with Crippen molar-refractivity contribution in [1.82, 2.24) is 0 Å². The maximum Gasteiger partial charge on any atom is 0.113 e. The van der Waals surface area contributed by atoms with Gasteiger partial charge in [-0.3, -0.25) is 0 Å². The van der Waals surface area contributed by atoms with Gasteiger partial charge in [-0.15, -0.1) is 0 Å². The lowest BCUT2D eigenvalue weighted by Gasteiger charge is -2.49. The summed E-state index contributed by atoms with van der Waals surface area (Å²) < 4.78 is 26.9. The van der Waals surface area contributed by atoms with Gasteiger partial charge in [-0.05, 0) is 34.1 Å². The molecule has 6 heteroatoms. The minimum absolute atomic E-state index is 0.326. The molecule has 0 aliphatic heterocycles. The van der Waals surface area contributed by atoms with Crippen molar-refractivity contribution in [3.63, 3.8) is 0 Å². The molecule has 46 heavy (non-hydrogen) atoms. The van der Waals surface area contributed by atoms with Gasteiger partial charge in [0.05, 0.1) is 50.8 Å². The SMILES string of the molecule is CC(C)(C)[C@H](O)[C@@H](O)[C@H]1C[C@H](OCc2ccccc2)[C@@H](OCc2ccccc2)[C@@H](OCc2ccccc2)[C@@H]1OCc1ccccc1. The van der Waals surface area contributed by atoms with Gasteiger partial charge in [0.1, 0.15) is 12.2 Å².